The van der Waals surface area contributed by atoms with E-state index in [-0.39, 0.29) is 5.91 Å². The zero-order valence-corrected chi connectivity index (χ0v) is 12.8. The highest BCUT2D eigenvalue weighted by Gasteiger charge is 2.04. The molecule has 3 nitrogen and oxygen atoms in total. The first kappa shape index (κ1) is 14.7. The maximum atomic E-state index is 11.8. The van der Waals surface area contributed by atoms with Gasteiger partial charge >= 0.3 is 0 Å². The number of aromatic nitrogens is 1. The zero-order valence-electron chi connectivity index (χ0n) is 11.3. The molecule has 1 N–H and O–H groups in total. The fourth-order valence-corrected chi connectivity index (χ4v) is 2.18. The summed E-state index contributed by atoms with van der Waals surface area (Å²) in [6, 6.07) is 13.6. The summed E-state index contributed by atoms with van der Waals surface area (Å²) in [5.41, 5.74) is 0.843. The lowest BCUT2D eigenvalue weighted by molar-refractivity contribution is -0.697. The number of hydrogen-bond acceptors (Lipinski definition) is 1. The number of nitrogens with one attached hydrogen (secondary N) is 1. The number of hydrogen-bond donors (Lipinski definition) is 1. The fraction of sp³-hybridized carbons (Fsp3) is 0.250. The quantitative estimate of drug-likeness (QED) is 0.636. The standard InChI is InChI=1S/C16H17BrN2O/c17-14-7-9-15(10-8-14)18-16(20)6-2-5-13-19-11-3-1-4-12-19/h1,3-4,7-12H,2,5-6,13H2/p+1. The van der Waals surface area contributed by atoms with E-state index in [1.165, 1.54) is 0 Å². The van der Waals surface area contributed by atoms with Crippen molar-refractivity contribution in [3.8, 4) is 0 Å². The van der Waals surface area contributed by atoms with Gasteiger partial charge in [0.2, 0.25) is 5.91 Å². The summed E-state index contributed by atoms with van der Waals surface area (Å²) >= 11 is 3.37. The lowest BCUT2D eigenvalue weighted by Crippen LogP contribution is -2.32. The highest BCUT2D eigenvalue weighted by Crippen LogP contribution is 2.14. The number of rotatable bonds is 6. The number of aryl methyl sites for hydroxylation is 1. The molecule has 0 unspecified atom stereocenters. The van der Waals surface area contributed by atoms with E-state index in [0.717, 1.165) is 29.5 Å². The Hall–Kier alpha value is -1.68. The summed E-state index contributed by atoms with van der Waals surface area (Å²) < 4.78 is 3.14. The molecule has 0 spiro atoms. The van der Waals surface area contributed by atoms with E-state index in [1.807, 2.05) is 54.9 Å². The first-order chi connectivity index (χ1) is 9.74. The van der Waals surface area contributed by atoms with Crippen LogP contribution in [0.1, 0.15) is 19.3 Å². The molecule has 0 atom stereocenters. The molecule has 4 heteroatoms. The van der Waals surface area contributed by atoms with Crippen molar-refractivity contribution in [1.29, 1.82) is 0 Å². The Bertz CT molecular complexity index is 540. The summed E-state index contributed by atoms with van der Waals surface area (Å²) in [6.07, 6.45) is 6.54. The second-order valence-corrected chi connectivity index (χ2v) is 5.54. The van der Waals surface area contributed by atoms with Gasteiger partial charge in [-0.1, -0.05) is 22.0 Å². The molecular formula is C16H18BrN2O+. The Morgan fingerprint density at radius 3 is 2.45 bits per heavy atom. The van der Waals surface area contributed by atoms with Crippen LogP contribution in [0.15, 0.2) is 59.3 Å². The van der Waals surface area contributed by atoms with Crippen LogP contribution in [-0.2, 0) is 11.3 Å². The lowest BCUT2D eigenvalue weighted by atomic mass is 10.2. The van der Waals surface area contributed by atoms with Crippen LogP contribution in [0.4, 0.5) is 5.69 Å². The molecule has 0 saturated heterocycles. The molecule has 104 valence electrons. The van der Waals surface area contributed by atoms with Crippen molar-refractivity contribution in [2.45, 2.75) is 25.8 Å². The minimum atomic E-state index is 0.0744. The van der Waals surface area contributed by atoms with Crippen molar-refractivity contribution < 1.29 is 9.36 Å². The van der Waals surface area contributed by atoms with Crippen LogP contribution in [0.25, 0.3) is 0 Å². The minimum absolute atomic E-state index is 0.0744. The summed E-state index contributed by atoms with van der Waals surface area (Å²) in [7, 11) is 0. The van der Waals surface area contributed by atoms with Gasteiger partial charge in [-0.3, -0.25) is 4.79 Å². The second-order valence-electron chi connectivity index (χ2n) is 4.63. The first-order valence-corrected chi connectivity index (χ1v) is 7.53. The number of nitrogens with zero attached hydrogens (tertiary/aromatic N) is 1. The molecule has 0 fully saturated rings. The van der Waals surface area contributed by atoms with Crippen LogP contribution in [0, 0.1) is 0 Å². The molecule has 2 rings (SSSR count). The third-order valence-electron chi connectivity index (χ3n) is 2.98. The van der Waals surface area contributed by atoms with Crippen molar-refractivity contribution in [2.75, 3.05) is 5.32 Å². The van der Waals surface area contributed by atoms with Gasteiger partial charge in [-0.25, -0.2) is 4.57 Å². The van der Waals surface area contributed by atoms with E-state index < -0.39 is 0 Å². The molecule has 0 aliphatic carbocycles. The van der Waals surface area contributed by atoms with Crippen molar-refractivity contribution >= 4 is 27.5 Å². The first-order valence-electron chi connectivity index (χ1n) is 6.73. The van der Waals surface area contributed by atoms with Crippen molar-refractivity contribution in [3.63, 3.8) is 0 Å². The molecule has 0 saturated carbocycles. The van der Waals surface area contributed by atoms with Crippen LogP contribution in [-0.4, -0.2) is 5.91 Å². The molecular weight excluding hydrogens is 316 g/mol. The summed E-state index contributed by atoms with van der Waals surface area (Å²) in [6.45, 7) is 0.951. The number of pyridine rings is 1. The predicted octanol–water partition coefficient (Wildman–Crippen LogP) is 3.55. The smallest absolute Gasteiger partial charge is 0.224 e. The summed E-state index contributed by atoms with van der Waals surface area (Å²) in [5, 5.41) is 2.90. The number of carbonyl (C=O) groups is 1. The number of benzene rings is 1. The fourth-order valence-electron chi connectivity index (χ4n) is 1.92. The number of unbranched alkanes of at least 4 members (excludes halogenated alkanes) is 1. The maximum Gasteiger partial charge on any atom is 0.224 e. The second kappa shape index (κ2) is 7.80. The van der Waals surface area contributed by atoms with Gasteiger partial charge in [0.1, 0.15) is 6.54 Å². The molecule has 0 bridgehead atoms. The van der Waals surface area contributed by atoms with Gasteiger partial charge in [0, 0.05) is 35.1 Å². The molecule has 1 aromatic heterocycles. The van der Waals surface area contributed by atoms with E-state index in [1.54, 1.807) is 0 Å². The summed E-state index contributed by atoms with van der Waals surface area (Å²) in [5.74, 6) is 0.0744. The van der Waals surface area contributed by atoms with Crippen molar-refractivity contribution in [3.05, 3.63) is 59.3 Å². The Morgan fingerprint density at radius 2 is 1.75 bits per heavy atom. The SMILES string of the molecule is O=C(CCCC[n+]1ccccc1)Nc1ccc(Br)cc1. The molecule has 0 aliphatic heterocycles. The van der Waals surface area contributed by atoms with Gasteiger partial charge in [-0.15, -0.1) is 0 Å². The average molecular weight is 334 g/mol. The van der Waals surface area contributed by atoms with Gasteiger partial charge < -0.3 is 5.32 Å². The Labute approximate surface area is 127 Å². The molecule has 0 radical (unpaired) electrons. The highest BCUT2D eigenvalue weighted by molar-refractivity contribution is 9.10. The van der Waals surface area contributed by atoms with E-state index in [2.05, 4.69) is 25.8 Å². The lowest BCUT2D eigenvalue weighted by Gasteiger charge is -2.04. The van der Waals surface area contributed by atoms with E-state index in [9.17, 15) is 4.79 Å². The molecule has 2 aromatic rings. The molecule has 1 heterocycles. The number of anilines is 1. The average Bonchev–Trinajstić information content (AvgIpc) is 2.47. The third kappa shape index (κ3) is 5.13. The third-order valence-corrected chi connectivity index (χ3v) is 3.50. The monoisotopic (exact) mass is 333 g/mol. The number of amides is 1. The topological polar surface area (TPSA) is 33.0 Å². The van der Waals surface area contributed by atoms with Gasteiger partial charge in [0.05, 0.1) is 0 Å². The van der Waals surface area contributed by atoms with Crippen LogP contribution in [0.2, 0.25) is 0 Å². The highest BCUT2D eigenvalue weighted by atomic mass is 79.9. The zero-order chi connectivity index (χ0) is 14.2. The normalized spacial score (nSPS) is 10.2. The van der Waals surface area contributed by atoms with Crippen LogP contribution >= 0.6 is 15.9 Å². The van der Waals surface area contributed by atoms with E-state index >= 15 is 0 Å². The molecule has 1 amide bonds. The van der Waals surface area contributed by atoms with Crippen LogP contribution < -0.4 is 9.88 Å². The van der Waals surface area contributed by atoms with Gasteiger partial charge in [0.15, 0.2) is 12.4 Å². The minimum Gasteiger partial charge on any atom is -0.326 e. The predicted molar refractivity (Wildman–Crippen MR) is 83.3 cm³/mol. The Morgan fingerprint density at radius 1 is 1.05 bits per heavy atom. The molecule has 1 aromatic carbocycles. The maximum absolute atomic E-state index is 11.8. The van der Waals surface area contributed by atoms with Crippen LogP contribution in [0.5, 0.6) is 0 Å². The summed E-state index contributed by atoms with van der Waals surface area (Å²) in [4.78, 5) is 11.8. The number of carbonyl (C=O) groups excluding carboxylic acids is 1. The Balaban J connectivity index is 1.66. The molecule has 0 aliphatic rings. The van der Waals surface area contributed by atoms with Crippen LogP contribution in [0.3, 0.4) is 0 Å². The van der Waals surface area contributed by atoms with Gasteiger partial charge in [0.25, 0.3) is 0 Å². The van der Waals surface area contributed by atoms with Gasteiger partial charge in [-0.2, -0.15) is 0 Å². The molecule has 20 heavy (non-hydrogen) atoms. The van der Waals surface area contributed by atoms with E-state index in [4.69, 9.17) is 0 Å². The largest absolute Gasteiger partial charge is 0.326 e. The number of halogens is 1. The van der Waals surface area contributed by atoms with Gasteiger partial charge in [-0.05, 0) is 30.7 Å². The van der Waals surface area contributed by atoms with E-state index in [0.29, 0.717) is 6.42 Å². The van der Waals surface area contributed by atoms with Crippen molar-refractivity contribution in [2.24, 2.45) is 0 Å². The Kier molecular flexibility index (Phi) is 5.74. The van der Waals surface area contributed by atoms with Crippen molar-refractivity contribution in [1.82, 2.24) is 0 Å².